The van der Waals surface area contributed by atoms with Crippen molar-refractivity contribution in [2.24, 2.45) is 0 Å². The summed E-state index contributed by atoms with van der Waals surface area (Å²) in [6.45, 7) is 0. The predicted molar refractivity (Wildman–Crippen MR) is 83.1 cm³/mol. The Kier molecular flexibility index (Phi) is 5.34. The molecule has 22 heavy (non-hydrogen) atoms. The number of nitrogens with one attached hydrogen (secondary N) is 1. The Bertz CT molecular complexity index is 730. The molecule has 5 nitrogen and oxygen atoms in total. The van der Waals surface area contributed by atoms with Crippen LogP contribution >= 0.6 is 0 Å². The van der Waals surface area contributed by atoms with E-state index in [0.717, 1.165) is 25.7 Å². The fourth-order valence-electron chi connectivity index (χ4n) is 2.41. The minimum atomic E-state index is -3.77. The molecule has 1 N–H and O–H groups in total. The van der Waals surface area contributed by atoms with Crippen molar-refractivity contribution in [3.8, 4) is 6.07 Å². The molecule has 0 fully saturated rings. The number of sulfonamides is 1. The Balaban J connectivity index is 2.05. The fraction of sp³-hybridized carbons (Fsp3) is 0.375. The highest BCUT2D eigenvalue weighted by Gasteiger charge is 2.19. The van der Waals surface area contributed by atoms with Crippen molar-refractivity contribution in [2.45, 2.75) is 37.9 Å². The average molecular weight is 318 g/mol. The number of rotatable bonds is 4. The fourth-order valence-corrected chi connectivity index (χ4v) is 3.52. The van der Waals surface area contributed by atoms with E-state index in [1.165, 1.54) is 6.07 Å². The van der Waals surface area contributed by atoms with Crippen molar-refractivity contribution in [1.82, 2.24) is 4.72 Å². The first kappa shape index (κ1) is 16.2. The molecule has 0 heterocycles. The number of hydrogen-bond acceptors (Lipinski definition) is 4. The molecule has 1 aliphatic rings. The van der Waals surface area contributed by atoms with Crippen LogP contribution in [0.1, 0.15) is 43.2 Å². The third-order valence-corrected chi connectivity index (χ3v) is 4.70. The average Bonchev–Trinajstić information content (AvgIpc) is 2.75. The maximum atomic E-state index is 12.1. The van der Waals surface area contributed by atoms with Gasteiger partial charge in [0, 0.05) is 5.57 Å². The molecule has 0 saturated carbocycles. The number of carbonyl (C=O) groups is 1. The van der Waals surface area contributed by atoms with Gasteiger partial charge in [-0.1, -0.05) is 24.6 Å². The highest BCUT2D eigenvalue weighted by Crippen LogP contribution is 2.17. The highest BCUT2D eigenvalue weighted by atomic mass is 32.2. The summed E-state index contributed by atoms with van der Waals surface area (Å²) in [5, 5.41) is 8.83. The van der Waals surface area contributed by atoms with E-state index >= 15 is 0 Å². The molecule has 0 unspecified atom stereocenters. The van der Waals surface area contributed by atoms with Crippen LogP contribution < -0.4 is 4.72 Å². The zero-order chi connectivity index (χ0) is 16.0. The zero-order valence-corrected chi connectivity index (χ0v) is 13.0. The van der Waals surface area contributed by atoms with Crippen LogP contribution in [0.2, 0.25) is 0 Å². The van der Waals surface area contributed by atoms with Gasteiger partial charge in [-0.05, 0) is 43.4 Å². The van der Waals surface area contributed by atoms with Gasteiger partial charge in [-0.2, -0.15) is 5.26 Å². The molecular formula is C16H18N2O3S. The van der Waals surface area contributed by atoms with E-state index < -0.39 is 15.9 Å². The normalized spacial score (nSPS) is 15.3. The summed E-state index contributed by atoms with van der Waals surface area (Å²) in [6.07, 6.45) is 6.25. The topological polar surface area (TPSA) is 87.0 Å². The van der Waals surface area contributed by atoms with Crippen molar-refractivity contribution >= 4 is 15.9 Å². The summed E-state index contributed by atoms with van der Waals surface area (Å²) in [5.74, 6) is -0.847. The lowest BCUT2D eigenvalue weighted by atomic mass is 10.1. The van der Waals surface area contributed by atoms with Crippen LogP contribution in [0, 0.1) is 11.3 Å². The minimum Gasteiger partial charge on any atom is -0.269 e. The van der Waals surface area contributed by atoms with Gasteiger partial charge in [0.1, 0.15) is 0 Å². The lowest BCUT2D eigenvalue weighted by molar-refractivity contribution is -0.116. The Labute approximate surface area is 130 Å². The number of nitriles is 1. The van der Waals surface area contributed by atoms with Crippen LogP contribution in [0.3, 0.4) is 0 Å². The van der Waals surface area contributed by atoms with Gasteiger partial charge < -0.3 is 0 Å². The monoisotopic (exact) mass is 318 g/mol. The van der Waals surface area contributed by atoms with Gasteiger partial charge in [0.05, 0.1) is 17.4 Å². The van der Waals surface area contributed by atoms with E-state index in [1.54, 1.807) is 18.2 Å². The lowest BCUT2D eigenvalue weighted by Gasteiger charge is -2.09. The van der Waals surface area contributed by atoms with Gasteiger partial charge >= 0.3 is 0 Å². The third kappa shape index (κ3) is 4.71. The van der Waals surface area contributed by atoms with E-state index in [2.05, 4.69) is 4.72 Å². The van der Waals surface area contributed by atoms with E-state index in [-0.39, 0.29) is 5.75 Å². The lowest BCUT2D eigenvalue weighted by Crippen LogP contribution is -2.32. The molecule has 1 aromatic carbocycles. The quantitative estimate of drug-likeness (QED) is 0.923. The molecule has 0 aliphatic heterocycles. The van der Waals surface area contributed by atoms with Crippen LogP contribution in [-0.2, 0) is 20.6 Å². The molecule has 1 aliphatic carbocycles. The Morgan fingerprint density at radius 1 is 1.27 bits per heavy atom. The molecule has 116 valence electrons. The van der Waals surface area contributed by atoms with Crippen molar-refractivity contribution in [2.75, 3.05) is 0 Å². The SMILES string of the molecule is N#Cc1cccc(CS(=O)(=O)NC(=O)C2=CCCCCC2)c1. The Hall–Kier alpha value is -2.13. The van der Waals surface area contributed by atoms with Gasteiger partial charge in [-0.25, -0.2) is 13.1 Å². The minimum absolute atomic E-state index is 0.318. The van der Waals surface area contributed by atoms with Crippen LogP contribution in [0.4, 0.5) is 0 Å². The molecular weight excluding hydrogens is 300 g/mol. The first-order valence-electron chi connectivity index (χ1n) is 7.23. The van der Waals surface area contributed by atoms with E-state index in [1.807, 2.05) is 12.1 Å². The molecule has 0 spiro atoms. The number of nitrogens with zero attached hydrogens (tertiary/aromatic N) is 1. The van der Waals surface area contributed by atoms with Gasteiger partial charge in [0.2, 0.25) is 10.0 Å². The first-order valence-corrected chi connectivity index (χ1v) is 8.88. The number of carbonyl (C=O) groups excluding carboxylic acids is 1. The summed E-state index contributed by atoms with van der Waals surface area (Å²) in [4.78, 5) is 12.1. The van der Waals surface area contributed by atoms with Gasteiger partial charge in [0.25, 0.3) is 5.91 Å². The zero-order valence-electron chi connectivity index (χ0n) is 12.2. The second kappa shape index (κ2) is 7.23. The van der Waals surface area contributed by atoms with Crippen molar-refractivity contribution in [1.29, 1.82) is 5.26 Å². The highest BCUT2D eigenvalue weighted by molar-refractivity contribution is 7.89. The smallest absolute Gasteiger partial charge is 0.260 e. The number of allylic oxidation sites excluding steroid dienone is 1. The summed E-state index contributed by atoms with van der Waals surface area (Å²) in [7, 11) is -3.77. The van der Waals surface area contributed by atoms with Crippen molar-refractivity contribution < 1.29 is 13.2 Å². The summed E-state index contributed by atoms with van der Waals surface area (Å²) < 4.78 is 26.3. The summed E-state index contributed by atoms with van der Waals surface area (Å²) in [6, 6.07) is 8.32. The second-order valence-electron chi connectivity index (χ2n) is 5.33. The van der Waals surface area contributed by atoms with E-state index in [4.69, 9.17) is 5.26 Å². The first-order chi connectivity index (χ1) is 10.5. The Morgan fingerprint density at radius 2 is 2.09 bits per heavy atom. The van der Waals surface area contributed by atoms with Gasteiger partial charge in [-0.3, -0.25) is 4.79 Å². The molecule has 0 atom stereocenters. The Morgan fingerprint density at radius 3 is 2.86 bits per heavy atom. The molecule has 2 rings (SSSR count). The summed E-state index contributed by atoms with van der Waals surface area (Å²) >= 11 is 0. The van der Waals surface area contributed by atoms with Crippen LogP contribution in [0.25, 0.3) is 0 Å². The van der Waals surface area contributed by atoms with Crippen molar-refractivity contribution in [3.63, 3.8) is 0 Å². The van der Waals surface area contributed by atoms with Crippen molar-refractivity contribution in [3.05, 3.63) is 47.0 Å². The maximum absolute atomic E-state index is 12.1. The van der Waals surface area contributed by atoms with Gasteiger partial charge in [0.15, 0.2) is 0 Å². The number of amides is 1. The molecule has 0 radical (unpaired) electrons. The van der Waals surface area contributed by atoms with Crippen LogP contribution in [-0.4, -0.2) is 14.3 Å². The summed E-state index contributed by atoms with van der Waals surface area (Å²) in [5.41, 5.74) is 1.42. The van der Waals surface area contributed by atoms with Gasteiger partial charge in [-0.15, -0.1) is 0 Å². The largest absolute Gasteiger partial charge is 0.269 e. The molecule has 0 saturated heterocycles. The molecule has 1 amide bonds. The number of hydrogen-bond donors (Lipinski definition) is 1. The maximum Gasteiger partial charge on any atom is 0.260 e. The third-order valence-electron chi connectivity index (χ3n) is 3.49. The predicted octanol–water partition coefficient (Wildman–Crippen LogP) is 2.39. The van der Waals surface area contributed by atoms with Crippen LogP contribution in [0.5, 0.6) is 0 Å². The molecule has 0 aromatic heterocycles. The van der Waals surface area contributed by atoms with Crippen LogP contribution in [0.15, 0.2) is 35.9 Å². The molecule has 0 bridgehead atoms. The molecule has 1 aromatic rings. The molecule has 6 heteroatoms. The second-order valence-corrected chi connectivity index (χ2v) is 7.05. The standard InChI is InChI=1S/C16H18N2O3S/c17-11-13-6-5-7-14(10-13)12-22(20,21)18-16(19)15-8-3-1-2-4-9-15/h5-8,10H,1-4,9,12H2,(H,18,19). The number of benzene rings is 1. The van der Waals surface area contributed by atoms with E-state index in [9.17, 15) is 13.2 Å². The van der Waals surface area contributed by atoms with E-state index in [0.29, 0.717) is 23.1 Å².